The summed E-state index contributed by atoms with van der Waals surface area (Å²) in [6.45, 7) is 2.17. The van der Waals surface area contributed by atoms with Gasteiger partial charge in [-0.25, -0.2) is 4.39 Å². The third-order valence-electron chi connectivity index (χ3n) is 4.75. The molecule has 0 saturated carbocycles. The Kier molecular flexibility index (Phi) is 8.41. The molecule has 0 aliphatic heterocycles. The number of carbonyl (C=O) groups excluding carboxylic acids is 1. The summed E-state index contributed by atoms with van der Waals surface area (Å²) >= 11 is 0. The molecule has 0 bridgehead atoms. The van der Waals surface area contributed by atoms with Gasteiger partial charge < -0.3 is 20.5 Å². The van der Waals surface area contributed by atoms with E-state index in [0.29, 0.717) is 29.0 Å². The second-order valence-electron chi connectivity index (χ2n) is 6.78. The molecule has 0 radical (unpaired) electrons. The number of methoxy groups -OCH3 is 1. The normalized spacial score (nSPS) is 11.4. The quantitative estimate of drug-likeness (QED) is 0.540. The van der Waals surface area contributed by atoms with E-state index >= 15 is 0 Å². The molecule has 3 rings (SSSR count). The van der Waals surface area contributed by atoms with Crippen LogP contribution in [0.15, 0.2) is 48.7 Å². The van der Waals surface area contributed by atoms with Crippen molar-refractivity contribution in [3.63, 3.8) is 0 Å². The van der Waals surface area contributed by atoms with E-state index in [0.717, 1.165) is 5.69 Å². The van der Waals surface area contributed by atoms with E-state index in [1.54, 1.807) is 35.1 Å². The summed E-state index contributed by atoms with van der Waals surface area (Å²) in [5, 5.41) is 7.17. The lowest BCUT2D eigenvalue weighted by Crippen LogP contribution is -2.29. The van der Waals surface area contributed by atoms with Crippen molar-refractivity contribution >= 4 is 18.3 Å². The van der Waals surface area contributed by atoms with Gasteiger partial charge in [-0.05, 0) is 48.4 Å². The number of rotatable bonds is 8. The van der Waals surface area contributed by atoms with Crippen LogP contribution in [-0.4, -0.2) is 22.8 Å². The maximum atomic E-state index is 13.8. The minimum absolute atomic E-state index is 0. The number of aryl methyl sites for hydroxylation is 1. The van der Waals surface area contributed by atoms with Crippen molar-refractivity contribution in [2.45, 2.75) is 25.9 Å². The molecule has 31 heavy (non-hydrogen) atoms. The minimum atomic E-state index is -0.456. The van der Waals surface area contributed by atoms with Crippen molar-refractivity contribution in [2.24, 2.45) is 12.8 Å². The maximum absolute atomic E-state index is 13.8. The number of aromatic nitrogens is 2. The SMILES string of the molecule is CCC(NC(=O)c1ccc(OC)c(Oc2cc(F)cc(CN)c2)c1)c1ccnn1C.Cl. The maximum Gasteiger partial charge on any atom is 0.251 e. The van der Waals surface area contributed by atoms with Crippen LogP contribution in [0.2, 0.25) is 0 Å². The smallest absolute Gasteiger partial charge is 0.251 e. The lowest BCUT2D eigenvalue weighted by molar-refractivity contribution is 0.0933. The molecule has 2 aromatic carbocycles. The number of nitrogens with zero attached hydrogens (tertiary/aromatic N) is 2. The van der Waals surface area contributed by atoms with Gasteiger partial charge in [-0.15, -0.1) is 12.4 Å². The van der Waals surface area contributed by atoms with Crippen molar-refractivity contribution in [1.82, 2.24) is 15.1 Å². The average molecular weight is 449 g/mol. The highest BCUT2D eigenvalue weighted by molar-refractivity contribution is 5.95. The standard InChI is InChI=1S/C22H25FN4O3.ClH/c1-4-18(19-7-8-25-27(19)2)26-22(28)15-5-6-20(29-3)21(11-15)30-17-10-14(13-24)9-16(23)12-17;/h5-12,18H,4,13,24H2,1-3H3,(H,26,28);1H. The Morgan fingerprint density at radius 2 is 2.00 bits per heavy atom. The van der Waals surface area contributed by atoms with Gasteiger partial charge in [-0.2, -0.15) is 5.10 Å². The van der Waals surface area contributed by atoms with Gasteiger partial charge in [0.1, 0.15) is 11.6 Å². The van der Waals surface area contributed by atoms with Crippen LogP contribution < -0.4 is 20.5 Å². The third kappa shape index (κ3) is 5.74. The number of nitrogens with one attached hydrogen (secondary N) is 1. The fraction of sp³-hybridized carbons (Fsp3) is 0.273. The first-order valence-corrected chi connectivity index (χ1v) is 9.59. The highest BCUT2D eigenvalue weighted by atomic mass is 35.5. The molecular formula is C22H26ClFN4O3. The molecule has 1 atom stereocenters. The van der Waals surface area contributed by atoms with Crippen LogP contribution in [0.25, 0.3) is 0 Å². The Bertz CT molecular complexity index is 1040. The number of halogens is 2. The van der Waals surface area contributed by atoms with Gasteiger partial charge in [-0.1, -0.05) is 6.92 Å². The van der Waals surface area contributed by atoms with Crippen LogP contribution in [-0.2, 0) is 13.6 Å². The number of nitrogens with two attached hydrogens (primary N) is 1. The average Bonchev–Trinajstić information content (AvgIpc) is 3.17. The number of amides is 1. The molecule has 0 saturated heterocycles. The van der Waals surface area contributed by atoms with Gasteiger partial charge in [0.25, 0.3) is 5.91 Å². The van der Waals surface area contributed by atoms with Crippen LogP contribution in [0.3, 0.4) is 0 Å². The Labute approximate surface area is 186 Å². The lowest BCUT2D eigenvalue weighted by Gasteiger charge is -2.18. The second-order valence-corrected chi connectivity index (χ2v) is 6.78. The Hall–Kier alpha value is -3.10. The van der Waals surface area contributed by atoms with E-state index in [9.17, 15) is 9.18 Å². The highest BCUT2D eigenvalue weighted by Crippen LogP contribution is 2.33. The summed E-state index contributed by atoms with van der Waals surface area (Å²) in [5.74, 6) is 0.268. The van der Waals surface area contributed by atoms with Crippen molar-refractivity contribution in [3.8, 4) is 17.2 Å². The molecule has 1 aromatic heterocycles. The summed E-state index contributed by atoms with van der Waals surface area (Å²) in [5.41, 5.74) is 7.50. The summed E-state index contributed by atoms with van der Waals surface area (Å²) in [7, 11) is 3.33. The van der Waals surface area contributed by atoms with Crippen LogP contribution in [0, 0.1) is 5.82 Å². The van der Waals surface area contributed by atoms with Gasteiger partial charge in [0.05, 0.1) is 18.8 Å². The van der Waals surface area contributed by atoms with E-state index in [2.05, 4.69) is 10.4 Å². The Balaban J connectivity index is 0.00000341. The Morgan fingerprint density at radius 1 is 1.23 bits per heavy atom. The first-order chi connectivity index (χ1) is 14.4. The number of hydrogen-bond acceptors (Lipinski definition) is 5. The zero-order valence-electron chi connectivity index (χ0n) is 17.6. The first kappa shape index (κ1) is 24.2. The topological polar surface area (TPSA) is 91.4 Å². The third-order valence-corrected chi connectivity index (χ3v) is 4.75. The van der Waals surface area contributed by atoms with Crippen molar-refractivity contribution in [1.29, 1.82) is 0 Å². The van der Waals surface area contributed by atoms with Crippen molar-refractivity contribution < 1.29 is 18.7 Å². The molecule has 3 aromatic rings. The van der Waals surface area contributed by atoms with Gasteiger partial charge in [-0.3, -0.25) is 9.48 Å². The van der Waals surface area contributed by atoms with E-state index in [4.69, 9.17) is 15.2 Å². The summed E-state index contributed by atoms with van der Waals surface area (Å²) in [6.07, 6.45) is 2.40. The zero-order valence-corrected chi connectivity index (χ0v) is 18.4. The Morgan fingerprint density at radius 3 is 2.61 bits per heavy atom. The van der Waals surface area contributed by atoms with Crippen molar-refractivity contribution in [3.05, 3.63) is 71.3 Å². The van der Waals surface area contributed by atoms with E-state index in [1.807, 2.05) is 20.0 Å². The molecule has 1 heterocycles. The molecule has 0 fully saturated rings. The summed E-state index contributed by atoms with van der Waals surface area (Å²) in [4.78, 5) is 12.9. The van der Waals surface area contributed by atoms with Crippen LogP contribution in [0.1, 0.15) is 41.0 Å². The van der Waals surface area contributed by atoms with Gasteiger partial charge in [0.15, 0.2) is 11.5 Å². The molecule has 1 unspecified atom stereocenters. The molecule has 0 aliphatic carbocycles. The lowest BCUT2D eigenvalue weighted by atomic mass is 10.1. The molecule has 1 amide bonds. The first-order valence-electron chi connectivity index (χ1n) is 9.59. The predicted molar refractivity (Wildman–Crippen MR) is 118 cm³/mol. The van der Waals surface area contributed by atoms with Crippen molar-refractivity contribution in [2.75, 3.05) is 7.11 Å². The van der Waals surface area contributed by atoms with Crippen LogP contribution in [0.5, 0.6) is 17.2 Å². The second kappa shape index (κ2) is 10.8. The molecule has 7 nitrogen and oxygen atoms in total. The predicted octanol–water partition coefficient (Wildman–Crippen LogP) is 4.12. The van der Waals surface area contributed by atoms with E-state index < -0.39 is 5.82 Å². The number of ether oxygens (including phenoxy) is 2. The molecule has 0 spiro atoms. The molecule has 166 valence electrons. The summed E-state index contributed by atoms with van der Waals surface area (Å²) in [6, 6.07) is 10.8. The van der Waals surface area contributed by atoms with E-state index in [1.165, 1.54) is 19.2 Å². The number of hydrogen-bond donors (Lipinski definition) is 2. The molecule has 9 heteroatoms. The molecule has 0 aliphatic rings. The largest absolute Gasteiger partial charge is 0.493 e. The fourth-order valence-electron chi connectivity index (χ4n) is 3.17. The zero-order chi connectivity index (χ0) is 21.7. The highest BCUT2D eigenvalue weighted by Gasteiger charge is 2.18. The monoisotopic (exact) mass is 448 g/mol. The fourth-order valence-corrected chi connectivity index (χ4v) is 3.17. The van der Waals surface area contributed by atoms with Gasteiger partial charge >= 0.3 is 0 Å². The van der Waals surface area contributed by atoms with Crippen LogP contribution in [0.4, 0.5) is 4.39 Å². The minimum Gasteiger partial charge on any atom is -0.493 e. The van der Waals surface area contributed by atoms with E-state index in [-0.39, 0.29) is 36.7 Å². The summed E-state index contributed by atoms with van der Waals surface area (Å²) < 4.78 is 26.7. The molecular weight excluding hydrogens is 423 g/mol. The van der Waals surface area contributed by atoms with Gasteiger partial charge in [0.2, 0.25) is 0 Å². The molecule has 3 N–H and O–H groups in total. The number of benzene rings is 2. The van der Waals surface area contributed by atoms with Crippen LogP contribution >= 0.6 is 12.4 Å². The number of carbonyl (C=O) groups is 1. The van der Waals surface area contributed by atoms with Gasteiger partial charge in [0, 0.05) is 31.4 Å².